The number of hydrogen-bond donors (Lipinski definition) is 1. The number of thioether (sulfide) groups is 1. The van der Waals surface area contributed by atoms with E-state index < -0.39 is 40.0 Å². The monoisotopic (exact) mass is 483 g/mol. The third kappa shape index (κ3) is 3.41. The number of nitrogens with one attached hydrogen (secondary N) is 1. The molecule has 1 fully saturated rings. The number of para-hydroxylation sites is 1. The highest BCUT2D eigenvalue weighted by atomic mass is 32.2. The second kappa shape index (κ2) is 8.21. The predicted molar refractivity (Wildman–Crippen MR) is 122 cm³/mol. The van der Waals surface area contributed by atoms with E-state index in [1.165, 1.54) is 40.1 Å². The van der Waals surface area contributed by atoms with Crippen molar-refractivity contribution in [1.82, 2.24) is 0 Å². The highest BCUT2D eigenvalue weighted by Gasteiger charge is 2.61. The van der Waals surface area contributed by atoms with Crippen LogP contribution in [0.3, 0.4) is 0 Å². The fourth-order valence-electron chi connectivity index (χ4n) is 4.21. The molecule has 1 saturated heterocycles. The maximum absolute atomic E-state index is 14.0. The summed E-state index contributed by atoms with van der Waals surface area (Å²) in [7, 11) is 0. The van der Waals surface area contributed by atoms with Crippen LogP contribution in [-0.2, 0) is 19.3 Å². The van der Waals surface area contributed by atoms with Crippen molar-refractivity contribution in [1.29, 1.82) is 0 Å². The summed E-state index contributed by atoms with van der Waals surface area (Å²) in [6.07, 6.45) is 0. The average Bonchev–Trinajstić information content (AvgIpc) is 3.28. The van der Waals surface area contributed by atoms with Crippen LogP contribution in [0.2, 0.25) is 0 Å². The molecular weight excluding hydrogens is 467 g/mol. The topological polar surface area (TPSA) is 69.7 Å². The maximum atomic E-state index is 14.0. The number of carbonyl (C=O) groups is 3. The summed E-state index contributed by atoms with van der Waals surface area (Å²) < 4.78 is 40.7. The van der Waals surface area contributed by atoms with Gasteiger partial charge in [0.15, 0.2) is 11.6 Å². The number of carbonyl (C=O) groups excluding carboxylic acids is 3. The zero-order valence-electron chi connectivity index (χ0n) is 17.4. The highest BCUT2D eigenvalue weighted by Crippen LogP contribution is 2.55. The molecule has 1 spiro atoms. The Morgan fingerprint density at radius 1 is 0.971 bits per heavy atom. The molecule has 0 aromatic heterocycles. The van der Waals surface area contributed by atoms with E-state index in [2.05, 4.69) is 5.32 Å². The lowest BCUT2D eigenvalue weighted by Gasteiger charge is -2.33. The molecule has 5 rings (SSSR count). The van der Waals surface area contributed by atoms with Crippen LogP contribution in [0.1, 0.15) is 5.56 Å². The van der Waals surface area contributed by atoms with Crippen LogP contribution >= 0.6 is 11.8 Å². The van der Waals surface area contributed by atoms with Crippen molar-refractivity contribution in [3.05, 3.63) is 89.7 Å². The van der Waals surface area contributed by atoms with Crippen LogP contribution in [0, 0.1) is 17.5 Å². The average molecular weight is 483 g/mol. The molecule has 6 nitrogen and oxygen atoms in total. The fraction of sp³-hybridized carbons (Fsp3) is 0.125. The Kier molecular flexibility index (Phi) is 5.32. The fourth-order valence-corrected chi connectivity index (χ4v) is 5.57. The minimum Gasteiger partial charge on any atom is -0.325 e. The van der Waals surface area contributed by atoms with Crippen LogP contribution in [0.4, 0.5) is 30.2 Å². The summed E-state index contributed by atoms with van der Waals surface area (Å²) in [5.74, 6) is -4.26. The Bertz CT molecular complexity index is 1330. The Balaban J connectivity index is 1.52. The van der Waals surface area contributed by atoms with Crippen molar-refractivity contribution >= 4 is 46.5 Å². The zero-order valence-corrected chi connectivity index (χ0v) is 18.2. The van der Waals surface area contributed by atoms with Gasteiger partial charge in [-0.3, -0.25) is 24.2 Å². The molecule has 3 aromatic carbocycles. The SMILES string of the molecule is O=C(CN1C(=O)[C@@]2(SCC(=O)N2c2ccc(F)c(F)c2)c2ccccc21)Nc1ccc(F)cc1. The van der Waals surface area contributed by atoms with Crippen molar-refractivity contribution in [2.24, 2.45) is 0 Å². The van der Waals surface area contributed by atoms with E-state index in [0.717, 1.165) is 23.9 Å². The predicted octanol–water partition coefficient (Wildman–Crippen LogP) is 4.02. The van der Waals surface area contributed by atoms with Gasteiger partial charge in [-0.05, 0) is 42.5 Å². The first-order valence-electron chi connectivity index (χ1n) is 10.2. The van der Waals surface area contributed by atoms with E-state index in [4.69, 9.17) is 0 Å². The second-order valence-electron chi connectivity index (χ2n) is 7.72. The number of rotatable bonds is 4. The minimum absolute atomic E-state index is 0.0367. The number of halogens is 3. The molecule has 172 valence electrons. The molecule has 34 heavy (non-hydrogen) atoms. The summed E-state index contributed by atoms with van der Waals surface area (Å²) in [6.45, 7) is -0.366. The molecule has 0 radical (unpaired) electrons. The van der Waals surface area contributed by atoms with Crippen LogP contribution in [0.5, 0.6) is 0 Å². The lowest BCUT2D eigenvalue weighted by molar-refractivity contribution is -0.124. The van der Waals surface area contributed by atoms with E-state index >= 15 is 0 Å². The lowest BCUT2D eigenvalue weighted by atomic mass is 10.0. The van der Waals surface area contributed by atoms with Gasteiger partial charge in [0.25, 0.3) is 5.91 Å². The number of nitrogens with zero attached hydrogens (tertiary/aromatic N) is 2. The van der Waals surface area contributed by atoms with Crippen molar-refractivity contribution in [2.75, 3.05) is 27.4 Å². The molecule has 0 bridgehead atoms. The number of benzene rings is 3. The molecule has 3 aromatic rings. The van der Waals surface area contributed by atoms with Crippen LogP contribution in [0.15, 0.2) is 66.7 Å². The van der Waals surface area contributed by atoms with E-state index in [1.54, 1.807) is 24.3 Å². The van der Waals surface area contributed by atoms with Crippen LogP contribution in [-0.4, -0.2) is 30.0 Å². The van der Waals surface area contributed by atoms with Gasteiger partial charge in [-0.1, -0.05) is 18.2 Å². The van der Waals surface area contributed by atoms with Crippen LogP contribution in [0.25, 0.3) is 0 Å². The van der Waals surface area contributed by atoms with Gasteiger partial charge in [0.05, 0.1) is 11.4 Å². The molecule has 10 heteroatoms. The Hall–Kier alpha value is -3.79. The standard InChI is InChI=1S/C24H16F3N3O3S/c25-14-5-7-15(8-6-14)28-21(31)12-29-20-4-2-1-3-17(20)24(23(29)33)30(22(32)13-34-24)16-9-10-18(26)19(27)11-16/h1-11H,12-13H2,(H,28,31)/t24-/m0/s1. The first kappa shape index (κ1) is 22.0. The molecule has 0 aliphatic carbocycles. The molecule has 3 amide bonds. The summed E-state index contributed by atoms with van der Waals surface area (Å²) in [4.78, 5) is 40.3. The smallest absolute Gasteiger partial charge is 0.269 e. The second-order valence-corrected chi connectivity index (χ2v) is 8.89. The van der Waals surface area contributed by atoms with Gasteiger partial charge in [-0.15, -0.1) is 11.8 Å². The number of hydrogen-bond acceptors (Lipinski definition) is 4. The Morgan fingerprint density at radius 3 is 2.44 bits per heavy atom. The molecule has 0 saturated carbocycles. The molecule has 1 N–H and O–H groups in total. The van der Waals surface area contributed by atoms with Crippen molar-refractivity contribution in [3.63, 3.8) is 0 Å². The van der Waals surface area contributed by atoms with Gasteiger partial charge in [-0.25, -0.2) is 13.2 Å². The lowest BCUT2D eigenvalue weighted by Crippen LogP contribution is -2.51. The van der Waals surface area contributed by atoms with Gasteiger partial charge in [0.2, 0.25) is 16.7 Å². The quantitative estimate of drug-likeness (QED) is 0.609. The Labute approximate surface area is 196 Å². The van der Waals surface area contributed by atoms with E-state index in [9.17, 15) is 27.6 Å². The van der Waals surface area contributed by atoms with Gasteiger partial charge >= 0.3 is 0 Å². The van der Waals surface area contributed by atoms with E-state index in [1.807, 2.05) is 0 Å². The minimum atomic E-state index is -1.56. The Morgan fingerprint density at radius 2 is 1.71 bits per heavy atom. The molecule has 0 unspecified atom stereocenters. The van der Waals surface area contributed by atoms with E-state index in [0.29, 0.717) is 16.9 Å². The van der Waals surface area contributed by atoms with Crippen molar-refractivity contribution in [2.45, 2.75) is 4.87 Å². The third-order valence-corrected chi connectivity index (χ3v) is 7.04. The number of amides is 3. The molecule has 1 atom stereocenters. The van der Waals surface area contributed by atoms with Gasteiger partial charge < -0.3 is 5.32 Å². The zero-order chi connectivity index (χ0) is 24.0. The van der Waals surface area contributed by atoms with Gasteiger partial charge in [0, 0.05) is 23.0 Å². The largest absolute Gasteiger partial charge is 0.325 e. The maximum Gasteiger partial charge on any atom is 0.269 e. The van der Waals surface area contributed by atoms with Crippen molar-refractivity contribution in [3.8, 4) is 0 Å². The highest BCUT2D eigenvalue weighted by molar-refractivity contribution is 8.02. The number of fused-ring (bicyclic) bond motifs is 2. The summed E-state index contributed by atoms with van der Waals surface area (Å²) >= 11 is 1.06. The molecular formula is C24H16F3N3O3S. The van der Waals surface area contributed by atoms with Gasteiger partial charge in [0.1, 0.15) is 12.4 Å². The number of anilines is 3. The third-order valence-electron chi connectivity index (χ3n) is 5.65. The summed E-state index contributed by atoms with van der Waals surface area (Å²) in [5.41, 5.74) is 1.29. The van der Waals surface area contributed by atoms with Crippen molar-refractivity contribution < 1.29 is 27.6 Å². The van der Waals surface area contributed by atoms with E-state index in [-0.39, 0.29) is 18.0 Å². The normalized spacial score (nSPS) is 19.1. The first-order chi connectivity index (χ1) is 16.3. The van der Waals surface area contributed by atoms with Gasteiger partial charge in [-0.2, -0.15) is 0 Å². The molecule has 2 heterocycles. The van der Waals surface area contributed by atoms with Crippen LogP contribution < -0.4 is 15.1 Å². The first-order valence-corrected chi connectivity index (χ1v) is 11.2. The summed E-state index contributed by atoms with van der Waals surface area (Å²) in [5, 5.41) is 2.61. The summed E-state index contributed by atoms with van der Waals surface area (Å²) in [6, 6.07) is 14.9. The molecule has 2 aliphatic rings. The molecule has 2 aliphatic heterocycles.